The maximum Gasteiger partial charge on any atom is 0.410 e. The van der Waals surface area contributed by atoms with Crippen molar-refractivity contribution in [3.8, 4) is 5.88 Å². The van der Waals surface area contributed by atoms with Crippen molar-refractivity contribution in [2.24, 2.45) is 0 Å². The Labute approximate surface area is 241 Å². The van der Waals surface area contributed by atoms with Gasteiger partial charge in [-0.2, -0.15) is 4.98 Å². The Kier molecular flexibility index (Phi) is 8.66. The molecule has 0 saturated carbocycles. The van der Waals surface area contributed by atoms with Crippen molar-refractivity contribution in [1.29, 1.82) is 0 Å². The van der Waals surface area contributed by atoms with E-state index in [2.05, 4.69) is 42.6 Å². The summed E-state index contributed by atoms with van der Waals surface area (Å²) in [5, 5.41) is 6.34. The maximum absolute atomic E-state index is 12.9. The van der Waals surface area contributed by atoms with Crippen molar-refractivity contribution < 1.29 is 19.1 Å². The predicted octanol–water partition coefficient (Wildman–Crippen LogP) is 6.93. The van der Waals surface area contributed by atoms with Gasteiger partial charge in [0.15, 0.2) is 0 Å². The van der Waals surface area contributed by atoms with Crippen LogP contribution in [-0.2, 0) is 4.74 Å². The number of carbonyl (C=O) groups is 2. The standard InChI is InChI=1S/C28H31BrClN5O4/c1-16-13-18(9-10-19(16)17-11-12-35(15-17)27(37)39-28(2,3)4)32-26-31-14-20(25(34-26)38-5)24(36)33-23-21(29)7-6-8-22(23)30/h6-10,13-14,17H,11-12,15H2,1-5H3,(H,33,36)(H,31,32,34)/t17-/m0/s1. The van der Waals surface area contributed by atoms with Crippen LogP contribution in [0.1, 0.15) is 54.6 Å². The predicted molar refractivity (Wildman–Crippen MR) is 155 cm³/mol. The Hall–Kier alpha value is -3.37. The molecule has 9 nitrogen and oxygen atoms in total. The summed E-state index contributed by atoms with van der Waals surface area (Å²) < 4.78 is 11.5. The number of methoxy groups -OCH3 is 1. The maximum atomic E-state index is 12.9. The molecular weight excluding hydrogens is 586 g/mol. The molecule has 1 aromatic heterocycles. The number of benzene rings is 2. The van der Waals surface area contributed by atoms with E-state index in [4.69, 9.17) is 21.1 Å². The number of nitrogens with zero attached hydrogens (tertiary/aromatic N) is 3. The molecular formula is C28H31BrClN5O4. The quantitative estimate of drug-likeness (QED) is 0.309. The van der Waals surface area contributed by atoms with Gasteiger partial charge in [-0.3, -0.25) is 4.79 Å². The SMILES string of the molecule is COc1nc(Nc2ccc([C@H]3CCN(C(=O)OC(C)(C)C)C3)c(C)c2)ncc1C(=O)Nc1c(Cl)cccc1Br. The number of rotatable bonds is 6. The molecule has 2 amide bonds. The average Bonchev–Trinajstić information content (AvgIpc) is 3.35. The first-order valence-corrected chi connectivity index (χ1v) is 13.6. The summed E-state index contributed by atoms with van der Waals surface area (Å²) in [7, 11) is 1.44. The van der Waals surface area contributed by atoms with Crippen LogP contribution < -0.4 is 15.4 Å². The second-order valence-corrected chi connectivity index (χ2v) is 11.5. The zero-order chi connectivity index (χ0) is 28.3. The fourth-order valence-electron chi connectivity index (χ4n) is 4.38. The van der Waals surface area contributed by atoms with Gasteiger partial charge in [0.25, 0.3) is 5.91 Å². The summed E-state index contributed by atoms with van der Waals surface area (Å²) in [5.74, 6) is 0.185. The van der Waals surface area contributed by atoms with Crippen LogP contribution in [0.2, 0.25) is 5.02 Å². The summed E-state index contributed by atoms with van der Waals surface area (Å²) in [6.07, 6.45) is 2.00. The van der Waals surface area contributed by atoms with Gasteiger partial charge in [0.05, 0.1) is 17.8 Å². The highest BCUT2D eigenvalue weighted by Gasteiger charge is 2.31. The average molecular weight is 617 g/mol. The van der Waals surface area contributed by atoms with Gasteiger partial charge < -0.3 is 25.0 Å². The van der Waals surface area contributed by atoms with Crippen molar-refractivity contribution in [3.05, 3.63) is 68.8 Å². The molecule has 0 unspecified atom stereocenters. The molecule has 2 heterocycles. The van der Waals surface area contributed by atoms with Gasteiger partial charge in [0.2, 0.25) is 11.8 Å². The molecule has 0 radical (unpaired) electrons. The number of likely N-dealkylation sites (tertiary alicyclic amines) is 1. The molecule has 1 atom stereocenters. The number of ether oxygens (including phenoxy) is 2. The third-order valence-corrected chi connectivity index (χ3v) is 7.17. The molecule has 3 aromatic rings. The van der Waals surface area contributed by atoms with Gasteiger partial charge in [-0.25, -0.2) is 9.78 Å². The number of aryl methyl sites for hydroxylation is 1. The molecule has 2 aromatic carbocycles. The van der Waals surface area contributed by atoms with E-state index in [0.717, 1.165) is 17.7 Å². The van der Waals surface area contributed by atoms with Crippen LogP contribution in [0.5, 0.6) is 5.88 Å². The van der Waals surface area contributed by atoms with Crippen LogP contribution in [0.4, 0.5) is 22.1 Å². The molecule has 4 rings (SSSR count). The van der Waals surface area contributed by atoms with E-state index in [1.165, 1.54) is 18.9 Å². The van der Waals surface area contributed by atoms with Crippen LogP contribution in [-0.4, -0.2) is 52.7 Å². The van der Waals surface area contributed by atoms with E-state index in [9.17, 15) is 9.59 Å². The van der Waals surface area contributed by atoms with E-state index in [1.807, 2.05) is 39.8 Å². The summed E-state index contributed by atoms with van der Waals surface area (Å²) in [4.78, 5) is 35.8. The third kappa shape index (κ3) is 6.99. The van der Waals surface area contributed by atoms with Crippen molar-refractivity contribution in [3.63, 3.8) is 0 Å². The molecule has 0 aliphatic carbocycles. The van der Waals surface area contributed by atoms with Crippen LogP contribution in [0.25, 0.3) is 0 Å². The van der Waals surface area contributed by atoms with E-state index < -0.39 is 11.5 Å². The Morgan fingerprint density at radius 1 is 1.21 bits per heavy atom. The lowest BCUT2D eigenvalue weighted by molar-refractivity contribution is 0.0292. The minimum atomic E-state index is -0.516. The number of aromatic nitrogens is 2. The number of nitrogens with one attached hydrogen (secondary N) is 2. The zero-order valence-electron chi connectivity index (χ0n) is 22.5. The van der Waals surface area contributed by atoms with Gasteiger partial charge in [0.1, 0.15) is 11.2 Å². The molecule has 1 aliphatic heterocycles. The van der Waals surface area contributed by atoms with Gasteiger partial charge in [-0.15, -0.1) is 0 Å². The van der Waals surface area contributed by atoms with Crippen LogP contribution in [0.15, 0.2) is 47.1 Å². The lowest BCUT2D eigenvalue weighted by Gasteiger charge is -2.24. The fraction of sp³-hybridized carbons (Fsp3) is 0.357. The number of carbonyl (C=O) groups excluding carboxylic acids is 2. The molecule has 11 heteroatoms. The lowest BCUT2D eigenvalue weighted by Crippen LogP contribution is -2.35. The molecule has 1 aliphatic rings. The first-order chi connectivity index (χ1) is 18.4. The molecule has 2 N–H and O–H groups in total. The van der Waals surface area contributed by atoms with Gasteiger partial charge in [0, 0.05) is 35.4 Å². The summed E-state index contributed by atoms with van der Waals surface area (Å²) in [5.41, 5.74) is 3.15. The molecule has 0 spiro atoms. The Morgan fingerprint density at radius 3 is 2.64 bits per heavy atom. The highest BCUT2D eigenvalue weighted by molar-refractivity contribution is 9.10. The highest BCUT2D eigenvalue weighted by Crippen LogP contribution is 2.33. The molecule has 1 fully saturated rings. The van der Waals surface area contributed by atoms with E-state index >= 15 is 0 Å². The second kappa shape index (κ2) is 11.8. The largest absolute Gasteiger partial charge is 0.480 e. The lowest BCUT2D eigenvalue weighted by atomic mass is 9.94. The first-order valence-electron chi connectivity index (χ1n) is 12.5. The number of halogens is 2. The molecule has 1 saturated heterocycles. The van der Waals surface area contributed by atoms with Gasteiger partial charge >= 0.3 is 6.09 Å². The molecule has 206 valence electrons. The monoisotopic (exact) mass is 615 g/mol. The number of para-hydroxylation sites is 1. The summed E-state index contributed by atoms with van der Waals surface area (Å²) in [6, 6.07) is 11.2. The molecule has 39 heavy (non-hydrogen) atoms. The van der Waals surface area contributed by atoms with Crippen LogP contribution in [0.3, 0.4) is 0 Å². The van der Waals surface area contributed by atoms with Crippen molar-refractivity contribution in [2.45, 2.75) is 45.6 Å². The van der Waals surface area contributed by atoms with E-state index in [1.54, 1.807) is 23.1 Å². The molecule has 0 bridgehead atoms. The zero-order valence-corrected chi connectivity index (χ0v) is 24.8. The Balaban J connectivity index is 1.44. The Morgan fingerprint density at radius 2 is 1.97 bits per heavy atom. The van der Waals surface area contributed by atoms with Gasteiger partial charge in [-0.1, -0.05) is 23.7 Å². The topological polar surface area (TPSA) is 106 Å². The van der Waals surface area contributed by atoms with E-state index in [0.29, 0.717) is 28.3 Å². The van der Waals surface area contributed by atoms with Crippen molar-refractivity contribution >= 4 is 56.9 Å². The first kappa shape index (κ1) is 28.6. The van der Waals surface area contributed by atoms with Crippen LogP contribution >= 0.6 is 27.5 Å². The fourth-order valence-corrected chi connectivity index (χ4v) is 5.18. The number of hydrogen-bond donors (Lipinski definition) is 2. The Bertz CT molecular complexity index is 1370. The second-order valence-electron chi connectivity index (χ2n) is 10.3. The van der Waals surface area contributed by atoms with Crippen molar-refractivity contribution in [1.82, 2.24) is 14.9 Å². The smallest absolute Gasteiger partial charge is 0.410 e. The highest BCUT2D eigenvalue weighted by atomic mass is 79.9. The van der Waals surface area contributed by atoms with Crippen LogP contribution in [0, 0.1) is 6.92 Å². The number of anilines is 3. The normalized spacial score (nSPS) is 15.2. The van der Waals surface area contributed by atoms with Gasteiger partial charge in [-0.05, 0) is 85.4 Å². The minimum absolute atomic E-state index is 0.120. The summed E-state index contributed by atoms with van der Waals surface area (Å²) >= 11 is 9.61. The van der Waals surface area contributed by atoms with Crippen molar-refractivity contribution in [2.75, 3.05) is 30.8 Å². The minimum Gasteiger partial charge on any atom is -0.480 e. The van der Waals surface area contributed by atoms with E-state index in [-0.39, 0.29) is 29.4 Å². The number of hydrogen-bond acceptors (Lipinski definition) is 7. The third-order valence-electron chi connectivity index (χ3n) is 6.20. The number of amides is 2. The summed E-state index contributed by atoms with van der Waals surface area (Å²) in [6.45, 7) is 8.94.